The van der Waals surface area contributed by atoms with Crippen molar-refractivity contribution in [3.8, 4) is 11.5 Å². The Kier molecular flexibility index (Phi) is 4.66. The van der Waals surface area contributed by atoms with Crippen LogP contribution in [0.4, 0.5) is 0 Å². The Hall–Kier alpha value is -3.47. The molecule has 4 rings (SSSR count). The Bertz CT molecular complexity index is 1080. The number of rotatable bonds is 5. The summed E-state index contributed by atoms with van der Waals surface area (Å²) in [6, 6.07) is 21.7. The molecule has 0 aliphatic heterocycles. The van der Waals surface area contributed by atoms with Crippen LogP contribution in [0.5, 0.6) is 0 Å². The zero-order valence-electron chi connectivity index (χ0n) is 15.0. The van der Waals surface area contributed by atoms with Crippen molar-refractivity contribution in [2.45, 2.75) is 13.3 Å². The van der Waals surface area contributed by atoms with E-state index >= 15 is 0 Å². The summed E-state index contributed by atoms with van der Waals surface area (Å²) in [4.78, 5) is 16.6. The minimum absolute atomic E-state index is 0.0940. The van der Waals surface area contributed by atoms with E-state index in [1.54, 1.807) is 19.1 Å². The standard InChI is InChI=1S/C22H19N3O2/c1-15-24-22(27-25-15)19-11-9-18(10-12-19)21(26)23-14-13-17-7-4-6-16-5-2-3-8-20(16)17/h2-12H,13-14H2,1H3,(H,23,26). The van der Waals surface area contributed by atoms with E-state index in [0.717, 1.165) is 12.0 Å². The van der Waals surface area contributed by atoms with E-state index in [2.05, 4.69) is 45.8 Å². The van der Waals surface area contributed by atoms with Crippen molar-refractivity contribution in [1.29, 1.82) is 0 Å². The second-order valence-corrected chi connectivity index (χ2v) is 6.37. The maximum Gasteiger partial charge on any atom is 0.257 e. The van der Waals surface area contributed by atoms with Crippen LogP contribution in [0, 0.1) is 6.92 Å². The van der Waals surface area contributed by atoms with Crippen LogP contribution in [0.3, 0.4) is 0 Å². The van der Waals surface area contributed by atoms with Gasteiger partial charge in [-0.2, -0.15) is 4.98 Å². The van der Waals surface area contributed by atoms with Crippen LogP contribution in [-0.4, -0.2) is 22.6 Å². The van der Waals surface area contributed by atoms with Crippen molar-refractivity contribution < 1.29 is 9.32 Å². The summed E-state index contributed by atoms with van der Waals surface area (Å²) >= 11 is 0. The third-order valence-corrected chi connectivity index (χ3v) is 4.48. The number of fused-ring (bicyclic) bond motifs is 1. The fourth-order valence-electron chi connectivity index (χ4n) is 3.10. The summed E-state index contributed by atoms with van der Waals surface area (Å²) in [5, 5.41) is 9.21. The zero-order chi connectivity index (χ0) is 18.6. The van der Waals surface area contributed by atoms with Crippen molar-refractivity contribution in [3.63, 3.8) is 0 Å². The fourth-order valence-corrected chi connectivity index (χ4v) is 3.10. The summed E-state index contributed by atoms with van der Waals surface area (Å²) in [6.45, 7) is 2.35. The monoisotopic (exact) mass is 357 g/mol. The Morgan fingerprint density at radius 3 is 2.56 bits per heavy atom. The number of hydrogen-bond acceptors (Lipinski definition) is 4. The van der Waals surface area contributed by atoms with Gasteiger partial charge in [-0.25, -0.2) is 0 Å². The normalized spacial score (nSPS) is 10.9. The van der Waals surface area contributed by atoms with Gasteiger partial charge in [0.05, 0.1) is 0 Å². The van der Waals surface area contributed by atoms with Crippen molar-refractivity contribution >= 4 is 16.7 Å². The molecule has 1 N–H and O–H groups in total. The van der Waals surface area contributed by atoms with E-state index in [9.17, 15) is 4.79 Å². The fraction of sp³-hybridized carbons (Fsp3) is 0.136. The van der Waals surface area contributed by atoms with Gasteiger partial charge < -0.3 is 9.84 Å². The van der Waals surface area contributed by atoms with Gasteiger partial charge >= 0.3 is 0 Å². The number of nitrogens with zero attached hydrogens (tertiary/aromatic N) is 2. The maximum atomic E-state index is 12.4. The van der Waals surface area contributed by atoms with Crippen molar-refractivity contribution in [3.05, 3.63) is 83.7 Å². The molecule has 27 heavy (non-hydrogen) atoms. The van der Waals surface area contributed by atoms with Gasteiger partial charge in [0.2, 0.25) is 0 Å². The summed E-state index contributed by atoms with van der Waals surface area (Å²) in [5.41, 5.74) is 2.63. The number of aryl methyl sites for hydroxylation is 1. The lowest BCUT2D eigenvalue weighted by Crippen LogP contribution is -2.25. The number of aromatic nitrogens is 2. The summed E-state index contributed by atoms with van der Waals surface area (Å²) in [6.07, 6.45) is 0.784. The van der Waals surface area contributed by atoms with Gasteiger partial charge in [0, 0.05) is 17.7 Å². The molecule has 0 saturated carbocycles. The third-order valence-electron chi connectivity index (χ3n) is 4.48. The molecule has 0 aliphatic carbocycles. The zero-order valence-corrected chi connectivity index (χ0v) is 15.0. The number of nitrogens with one attached hydrogen (secondary N) is 1. The van der Waals surface area contributed by atoms with Crippen LogP contribution >= 0.6 is 0 Å². The van der Waals surface area contributed by atoms with E-state index in [4.69, 9.17) is 4.52 Å². The van der Waals surface area contributed by atoms with Gasteiger partial charge in [-0.1, -0.05) is 47.6 Å². The highest BCUT2D eigenvalue weighted by molar-refractivity contribution is 5.94. The van der Waals surface area contributed by atoms with E-state index in [1.807, 2.05) is 24.3 Å². The average Bonchev–Trinajstić information content (AvgIpc) is 3.14. The Morgan fingerprint density at radius 1 is 1.00 bits per heavy atom. The third kappa shape index (κ3) is 3.72. The molecule has 1 amide bonds. The van der Waals surface area contributed by atoms with Crippen molar-refractivity contribution in [2.75, 3.05) is 6.54 Å². The topological polar surface area (TPSA) is 68.0 Å². The minimum Gasteiger partial charge on any atom is -0.352 e. The number of benzene rings is 3. The van der Waals surface area contributed by atoms with Crippen LogP contribution in [0.25, 0.3) is 22.2 Å². The predicted octanol–water partition coefficient (Wildman–Crippen LogP) is 4.17. The van der Waals surface area contributed by atoms with Crippen molar-refractivity contribution in [1.82, 2.24) is 15.5 Å². The number of carbonyl (C=O) groups excluding carboxylic acids is 1. The molecule has 0 radical (unpaired) electrons. The summed E-state index contributed by atoms with van der Waals surface area (Å²) < 4.78 is 5.14. The molecule has 1 heterocycles. The SMILES string of the molecule is Cc1noc(-c2ccc(C(=O)NCCc3cccc4ccccc34)cc2)n1. The van der Waals surface area contributed by atoms with Gasteiger partial charge in [-0.05, 0) is 53.9 Å². The molecule has 5 heteroatoms. The maximum absolute atomic E-state index is 12.4. The predicted molar refractivity (Wildman–Crippen MR) is 104 cm³/mol. The van der Waals surface area contributed by atoms with E-state index < -0.39 is 0 Å². The highest BCUT2D eigenvalue weighted by Gasteiger charge is 2.09. The minimum atomic E-state index is -0.0940. The van der Waals surface area contributed by atoms with Gasteiger partial charge in [0.15, 0.2) is 5.82 Å². The molecule has 0 saturated heterocycles. The molecule has 0 bridgehead atoms. The number of hydrogen-bond donors (Lipinski definition) is 1. The van der Waals surface area contributed by atoms with Gasteiger partial charge in [-0.15, -0.1) is 0 Å². The quantitative estimate of drug-likeness (QED) is 0.582. The molecule has 0 spiro atoms. The molecule has 0 unspecified atom stereocenters. The van der Waals surface area contributed by atoms with E-state index in [1.165, 1.54) is 16.3 Å². The first-order valence-corrected chi connectivity index (χ1v) is 8.86. The number of carbonyl (C=O) groups is 1. The highest BCUT2D eigenvalue weighted by atomic mass is 16.5. The van der Waals surface area contributed by atoms with E-state index in [0.29, 0.717) is 23.8 Å². The summed E-state index contributed by atoms with van der Waals surface area (Å²) in [7, 11) is 0. The number of amides is 1. The van der Waals surface area contributed by atoms with Gasteiger partial charge in [0.1, 0.15) is 0 Å². The molecule has 5 nitrogen and oxygen atoms in total. The Labute approximate surface area is 157 Å². The second-order valence-electron chi connectivity index (χ2n) is 6.37. The Morgan fingerprint density at radius 2 is 1.78 bits per heavy atom. The lowest BCUT2D eigenvalue weighted by atomic mass is 10.0. The molecule has 4 aromatic rings. The molecule has 3 aromatic carbocycles. The van der Waals surface area contributed by atoms with Crippen LogP contribution < -0.4 is 5.32 Å². The lowest BCUT2D eigenvalue weighted by molar-refractivity contribution is 0.0954. The smallest absolute Gasteiger partial charge is 0.257 e. The first kappa shape index (κ1) is 17.0. The highest BCUT2D eigenvalue weighted by Crippen LogP contribution is 2.19. The van der Waals surface area contributed by atoms with Crippen LogP contribution in [0.1, 0.15) is 21.7 Å². The molecular weight excluding hydrogens is 338 g/mol. The molecule has 0 atom stereocenters. The van der Waals surface area contributed by atoms with Gasteiger partial charge in [0.25, 0.3) is 11.8 Å². The molecule has 0 fully saturated rings. The second kappa shape index (κ2) is 7.41. The first-order chi connectivity index (χ1) is 13.2. The first-order valence-electron chi connectivity index (χ1n) is 8.86. The van der Waals surface area contributed by atoms with E-state index in [-0.39, 0.29) is 5.91 Å². The average molecular weight is 357 g/mol. The van der Waals surface area contributed by atoms with Crippen LogP contribution in [-0.2, 0) is 6.42 Å². The molecule has 134 valence electrons. The Balaban J connectivity index is 1.39. The largest absolute Gasteiger partial charge is 0.352 e. The molecule has 0 aliphatic rings. The van der Waals surface area contributed by atoms with Crippen LogP contribution in [0.2, 0.25) is 0 Å². The molecular formula is C22H19N3O2. The van der Waals surface area contributed by atoms with Crippen LogP contribution in [0.15, 0.2) is 71.3 Å². The lowest BCUT2D eigenvalue weighted by Gasteiger charge is -2.08. The molecule has 1 aromatic heterocycles. The van der Waals surface area contributed by atoms with Crippen molar-refractivity contribution in [2.24, 2.45) is 0 Å². The van der Waals surface area contributed by atoms with Gasteiger partial charge in [-0.3, -0.25) is 4.79 Å². The summed E-state index contributed by atoms with van der Waals surface area (Å²) in [5.74, 6) is 0.944.